The molecule has 7 nitrogen and oxygen atoms in total. The number of alkyl halides is 3. The molecule has 1 aromatic heterocycles. The Bertz CT molecular complexity index is 1820. The summed E-state index contributed by atoms with van der Waals surface area (Å²) in [6, 6.07) is 23.3. The van der Waals surface area contributed by atoms with Crippen LogP contribution in [0.25, 0.3) is 22.0 Å². The Morgan fingerprint density at radius 3 is 2.40 bits per heavy atom. The fourth-order valence-corrected chi connectivity index (χ4v) is 4.59. The van der Waals surface area contributed by atoms with E-state index in [1.165, 1.54) is 43.7 Å². The molecule has 0 saturated heterocycles. The van der Waals surface area contributed by atoms with Crippen LogP contribution in [0.4, 0.5) is 13.2 Å². The van der Waals surface area contributed by atoms with Gasteiger partial charge in [0.1, 0.15) is 22.8 Å². The lowest BCUT2D eigenvalue weighted by molar-refractivity contribution is -0.136. The van der Waals surface area contributed by atoms with Gasteiger partial charge in [-0.2, -0.15) is 18.3 Å². The van der Waals surface area contributed by atoms with Crippen molar-refractivity contribution in [3.8, 4) is 22.6 Å². The molecular weight excluding hydrogens is 571 g/mol. The molecule has 0 aliphatic rings. The normalized spacial score (nSPS) is 11.5. The van der Waals surface area contributed by atoms with E-state index >= 15 is 0 Å². The number of halogens is 4. The molecule has 0 aliphatic carbocycles. The van der Waals surface area contributed by atoms with Crippen LogP contribution in [0.1, 0.15) is 32.0 Å². The Labute approximate surface area is 242 Å². The lowest BCUT2D eigenvalue weighted by Crippen LogP contribution is -2.19. The van der Waals surface area contributed by atoms with Gasteiger partial charge in [-0.1, -0.05) is 66.2 Å². The maximum atomic E-state index is 13.8. The Hall–Kier alpha value is -5.09. The predicted molar refractivity (Wildman–Crippen MR) is 153 cm³/mol. The number of para-hydroxylation sites is 2. The first kappa shape index (κ1) is 28.4. The summed E-state index contributed by atoms with van der Waals surface area (Å²) in [6.45, 7) is 0. The average Bonchev–Trinajstić information content (AvgIpc) is 3.38. The molecule has 0 saturated carbocycles. The highest BCUT2D eigenvalue weighted by Gasteiger charge is 2.34. The largest absolute Gasteiger partial charge is 0.496 e. The first-order valence-electron chi connectivity index (χ1n) is 12.4. The molecule has 1 amide bonds. The van der Waals surface area contributed by atoms with Gasteiger partial charge in [-0.25, -0.2) is 10.2 Å². The van der Waals surface area contributed by atoms with Crippen LogP contribution in [0.5, 0.6) is 11.5 Å². The quantitative estimate of drug-likeness (QED) is 0.0887. The standard InChI is InChI=1S/C31H21ClF3N3O4/c1-41-25-15-14-20(32)16-22(25)30(40)42-24-13-6-5-10-19(24)17-36-38-29(39)28-26(18-8-3-2-4-9-18)21-11-7-12-23(27(21)37-28)31(33,34)35/h2-17,37H,1H3,(H,38,39). The van der Waals surface area contributed by atoms with E-state index in [2.05, 4.69) is 15.5 Å². The van der Waals surface area contributed by atoms with Crippen molar-refractivity contribution in [1.29, 1.82) is 0 Å². The van der Waals surface area contributed by atoms with Gasteiger partial charge in [-0.3, -0.25) is 4.79 Å². The lowest BCUT2D eigenvalue weighted by Gasteiger charge is -2.10. The number of carbonyl (C=O) groups excluding carboxylic acids is 2. The maximum absolute atomic E-state index is 13.8. The molecule has 212 valence electrons. The zero-order valence-electron chi connectivity index (χ0n) is 21.8. The van der Waals surface area contributed by atoms with Crippen LogP contribution in [0.2, 0.25) is 5.02 Å². The molecule has 4 aromatic carbocycles. The number of hydrogen-bond donors (Lipinski definition) is 2. The molecule has 2 N–H and O–H groups in total. The third-order valence-corrected chi connectivity index (χ3v) is 6.54. The molecule has 42 heavy (non-hydrogen) atoms. The summed E-state index contributed by atoms with van der Waals surface area (Å²) < 4.78 is 52.0. The first-order valence-corrected chi connectivity index (χ1v) is 12.8. The average molecular weight is 592 g/mol. The van der Waals surface area contributed by atoms with Crippen LogP contribution in [0, 0.1) is 0 Å². The van der Waals surface area contributed by atoms with Gasteiger partial charge in [0.2, 0.25) is 0 Å². The number of fused-ring (bicyclic) bond motifs is 1. The molecule has 11 heteroatoms. The number of aromatic nitrogens is 1. The number of nitrogens with zero attached hydrogens (tertiary/aromatic N) is 1. The highest BCUT2D eigenvalue weighted by molar-refractivity contribution is 6.31. The number of hydrogen-bond acceptors (Lipinski definition) is 5. The predicted octanol–water partition coefficient (Wildman–Crippen LogP) is 7.50. The van der Waals surface area contributed by atoms with Crippen molar-refractivity contribution >= 4 is 40.6 Å². The second-order valence-electron chi connectivity index (χ2n) is 8.94. The fraction of sp³-hybridized carbons (Fsp3) is 0.0645. The SMILES string of the molecule is COc1ccc(Cl)cc1C(=O)Oc1ccccc1C=NNC(=O)c1[nH]c2c(C(F)(F)F)cccc2c1-c1ccccc1. The van der Waals surface area contributed by atoms with E-state index in [9.17, 15) is 22.8 Å². The van der Waals surface area contributed by atoms with Crippen molar-refractivity contribution < 1.29 is 32.2 Å². The van der Waals surface area contributed by atoms with Gasteiger partial charge in [0.05, 0.1) is 24.4 Å². The summed E-state index contributed by atoms with van der Waals surface area (Å²) in [5.74, 6) is -1.10. The number of hydrazone groups is 1. The van der Waals surface area contributed by atoms with Crippen molar-refractivity contribution in [2.45, 2.75) is 6.18 Å². The Kier molecular flexibility index (Phi) is 7.99. The number of carbonyl (C=O) groups is 2. The number of rotatable bonds is 7. The van der Waals surface area contributed by atoms with Crippen molar-refractivity contribution in [1.82, 2.24) is 10.4 Å². The van der Waals surface area contributed by atoms with E-state index in [4.69, 9.17) is 21.1 Å². The Morgan fingerprint density at radius 2 is 1.67 bits per heavy atom. The number of amides is 1. The van der Waals surface area contributed by atoms with Gasteiger partial charge in [0, 0.05) is 21.5 Å². The molecule has 5 aromatic rings. The van der Waals surface area contributed by atoms with E-state index in [1.807, 2.05) is 0 Å². The van der Waals surface area contributed by atoms with Crippen molar-refractivity contribution in [3.63, 3.8) is 0 Å². The summed E-state index contributed by atoms with van der Waals surface area (Å²) in [4.78, 5) is 28.8. The number of methoxy groups -OCH3 is 1. The van der Waals surface area contributed by atoms with Gasteiger partial charge in [-0.15, -0.1) is 0 Å². The fourth-order valence-electron chi connectivity index (χ4n) is 4.42. The van der Waals surface area contributed by atoms with Gasteiger partial charge in [-0.05, 0) is 42.0 Å². The number of esters is 1. The smallest absolute Gasteiger partial charge is 0.418 e. The molecule has 0 radical (unpaired) electrons. The van der Waals surface area contributed by atoms with E-state index in [1.54, 1.807) is 54.6 Å². The number of ether oxygens (including phenoxy) is 2. The number of aromatic amines is 1. The van der Waals surface area contributed by atoms with Gasteiger partial charge < -0.3 is 14.5 Å². The summed E-state index contributed by atoms with van der Waals surface area (Å²) in [7, 11) is 1.41. The van der Waals surface area contributed by atoms with Crippen LogP contribution >= 0.6 is 11.6 Å². The summed E-state index contributed by atoms with van der Waals surface area (Å²) >= 11 is 6.02. The third-order valence-electron chi connectivity index (χ3n) is 6.30. The van der Waals surface area contributed by atoms with Crippen LogP contribution in [-0.4, -0.2) is 30.2 Å². The van der Waals surface area contributed by atoms with E-state index in [-0.39, 0.29) is 33.7 Å². The number of H-pyrrole nitrogens is 1. The monoisotopic (exact) mass is 591 g/mol. The number of benzene rings is 4. The second-order valence-corrected chi connectivity index (χ2v) is 9.37. The molecule has 1 heterocycles. The molecule has 0 unspecified atom stereocenters. The summed E-state index contributed by atoms with van der Waals surface area (Å²) in [5.41, 5.74) is 2.44. The molecular formula is C31H21ClF3N3O4. The topological polar surface area (TPSA) is 92.8 Å². The molecule has 0 bridgehead atoms. The summed E-state index contributed by atoms with van der Waals surface area (Å²) in [6.07, 6.45) is -3.39. The minimum Gasteiger partial charge on any atom is -0.496 e. The summed E-state index contributed by atoms with van der Waals surface area (Å²) in [5, 5.41) is 4.53. The van der Waals surface area contributed by atoms with Gasteiger partial charge in [0.15, 0.2) is 0 Å². The molecule has 0 spiro atoms. The van der Waals surface area contributed by atoms with E-state index < -0.39 is 23.6 Å². The highest BCUT2D eigenvalue weighted by atomic mass is 35.5. The van der Waals surface area contributed by atoms with Crippen molar-refractivity contribution in [3.05, 3.63) is 118 Å². The molecule has 0 aliphatic heterocycles. The first-order chi connectivity index (χ1) is 20.2. The molecule has 0 atom stereocenters. The minimum atomic E-state index is -4.64. The van der Waals surface area contributed by atoms with Crippen molar-refractivity contribution in [2.75, 3.05) is 7.11 Å². The van der Waals surface area contributed by atoms with E-state index in [0.717, 1.165) is 6.07 Å². The lowest BCUT2D eigenvalue weighted by atomic mass is 10.0. The zero-order chi connectivity index (χ0) is 29.9. The third kappa shape index (κ3) is 5.84. The minimum absolute atomic E-state index is 0.0992. The zero-order valence-corrected chi connectivity index (χ0v) is 22.6. The maximum Gasteiger partial charge on any atom is 0.418 e. The van der Waals surface area contributed by atoms with Crippen LogP contribution < -0.4 is 14.9 Å². The Morgan fingerprint density at radius 1 is 0.929 bits per heavy atom. The molecule has 5 rings (SSSR count). The van der Waals surface area contributed by atoms with Crippen molar-refractivity contribution in [2.24, 2.45) is 5.10 Å². The van der Waals surface area contributed by atoms with Gasteiger partial charge >= 0.3 is 12.1 Å². The van der Waals surface area contributed by atoms with Crippen LogP contribution in [-0.2, 0) is 6.18 Å². The Balaban J connectivity index is 1.44. The second kappa shape index (κ2) is 11.8. The molecule has 0 fully saturated rings. The van der Waals surface area contributed by atoms with E-state index in [0.29, 0.717) is 21.7 Å². The number of nitrogens with one attached hydrogen (secondary N) is 2. The highest BCUT2D eigenvalue weighted by Crippen LogP contribution is 2.39. The van der Waals surface area contributed by atoms with Crippen LogP contribution in [0.3, 0.4) is 0 Å². The van der Waals surface area contributed by atoms with Crippen LogP contribution in [0.15, 0.2) is 96.1 Å². The van der Waals surface area contributed by atoms with Gasteiger partial charge in [0.25, 0.3) is 5.91 Å².